The Morgan fingerprint density at radius 1 is 1.22 bits per heavy atom. The van der Waals surface area contributed by atoms with E-state index in [0.29, 0.717) is 16.6 Å². The number of ether oxygens (including phenoxy) is 1. The van der Waals surface area contributed by atoms with Gasteiger partial charge in [-0.15, -0.1) is 0 Å². The fraction of sp³-hybridized carbons (Fsp3) is 0.250. The van der Waals surface area contributed by atoms with E-state index in [9.17, 15) is 8.78 Å². The van der Waals surface area contributed by atoms with Gasteiger partial charge in [0.25, 0.3) is 0 Å². The van der Waals surface area contributed by atoms with Crippen LogP contribution in [0.5, 0.6) is 5.75 Å². The van der Waals surface area contributed by atoms with E-state index in [1.807, 2.05) is 10.9 Å². The third-order valence-electron chi connectivity index (χ3n) is 3.86. The second-order valence-electron chi connectivity index (χ2n) is 5.45. The lowest BCUT2D eigenvalue weighted by Crippen LogP contribution is -2.02. The predicted molar refractivity (Wildman–Crippen MR) is 82.9 cm³/mol. The average molecular weight is 336 g/mol. The molecule has 0 atom stereocenters. The van der Waals surface area contributed by atoms with Gasteiger partial charge in [-0.25, -0.2) is 0 Å². The fourth-order valence-corrected chi connectivity index (χ4v) is 2.87. The molecule has 7 heteroatoms. The number of benzene rings is 1. The Morgan fingerprint density at radius 2 is 2.04 bits per heavy atom. The maximum Gasteiger partial charge on any atom is 0.387 e. The van der Waals surface area contributed by atoms with Crippen molar-refractivity contribution in [1.29, 1.82) is 0 Å². The zero-order chi connectivity index (χ0) is 16.0. The molecule has 1 saturated carbocycles. The Kier molecular flexibility index (Phi) is 3.41. The van der Waals surface area contributed by atoms with E-state index < -0.39 is 6.61 Å². The number of hydrogen-bond acceptors (Lipinski definition) is 3. The zero-order valence-corrected chi connectivity index (χ0v) is 12.7. The quantitative estimate of drug-likeness (QED) is 0.694. The van der Waals surface area contributed by atoms with Crippen molar-refractivity contribution >= 4 is 22.5 Å². The van der Waals surface area contributed by atoms with E-state index in [0.717, 1.165) is 29.4 Å². The minimum Gasteiger partial charge on any atom is -0.432 e. The van der Waals surface area contributed by atoms with Gasteiger partial charge in [0.2, 0.25) is 0 Å². The summed E-state index contributed by atoms with van der Waals surface area (Å²) < 4.78 is 31.7. The average Bonchev–Trinajstić information content (AvgIpc) is 3.27. The molecule has 0 bridgehead atoms. The second kappa shape index (κ2) is 5.45. The molecule has 3 aromatic rings. The lowest BCUT2D eigenvalue weighted by Gasteiger charge is -2.09. The van der Waals surface area contributed by atoms with Crippen molar-refractivity contribution in [1.82, 2.24) is 14.8 Å². The first-order chi connectivity index (χ1) is 11.1. The standard InChI is InChI=1S/C16H12ClF2N3O/c17-13-7-20-6-5-11(13)10-3-4-14(23-16(18)19)15-12(10)8-22(21-15)9-1-2-9/h3-9,16H,1-2H2. The number of aromatic nitrogens is 3. The van der Waals surface area contributed by atoms with Crippen LogP contribution >= 0.6 is 11.6 Å². The fourth-order valence-electron chi connectivity index (χ4n) is 2.64. The first-order valence-corrected chi connectivity index (χ1v) is 7.58. The normalized spacial score (nSPS) is 14.6. The van der Waals surface area contributed by atoms with Gasteiger partial charge in [0.05, 0.1) is 11.1 Å². The van der Waals surface area contributed by atoms with Crippen molar-refractivity contribution in [2.24, 2.45) is 0 Å². The van der Waals surface area contributed by atoms with Crippen LogP contribution in [-0.4, -0.2) is 21.4 Å². The first kappa shape index (κ1) is 14.4. The highest BCUT2D eigenvalue weighted by molar-refractivity contribution is 6.33. The van der Waals surface area contributed by atoms with Crippen LogP contribution in [0.4, 0.5) is 8.78 Å². The monoisotopic (exact) mass is 335 g/mol. The van der Waals surface area contributed by atoms with Gasteiger partial charge in [0.15, 0.2) is 5.75 Å². The summed E-state index contributed by atoms with van der Waals surface area (Å²) in [5.41, 5.74) is 2.02. The summed E-state index contributed by atoms with van der Waals surface area (Å²) in [6.07, 6.45) is 7.16. The van der Waals surface area contributed by atoms with E-state index >= 15 is 0 Å². The number of pyridine rings is 1. The summed E-state index contributed by atoms with van der Waals surface area (Å²) in [7, 11) is 0. The van der Waals surface area contributed by atoms with Gasteiger partial charge in [0.1, 0.15) is 5.52 Å². The van der Waals surface area contributed by atoms with Crippen molar-refractivity contribution in [2.45, 2.75) is 25.5 Å². The van der Waals surface area contributed by atoms with Crippen LogP contribution in [0, 0.1) is 0 Å². The molecule has 118 valence electrons. The van der Waals surface area contributed by atoms with Gasteiger partial charge in [0, 0.05) is 29.5 Å². The number of rotatable bonds is 4. The summed E-state index contributed by atoms with van der Waals surface area (Å²) in [4.78, 5) is 3.97. The molecule has 0 saturated heterocycles. The summed E-state index contributed by atoms with van der Waals surface area (Å²) in [5, 5.41) is 5.68. The van der Waals surface area contributed by atoms with Crippen LogP contribution in [-0.2, 0) is 0 Å². The molecule has 0 aliphatic heterocycles. The summed E-state index contributed by atoms with van der Waals surface area (Å²) in [6.45, 7) is -2.89. The molecule has 0 spiro atoms. The predicted octanol–water partition coefficient (Wildman–Crippen LogP) is 4.69. The Morgan fingerprint density at radius 3 is 2.74 bits per heavy atom. The minimum atomic E-state index is -2.89. The van der Waals surface area contributed by atoms with Crippen molar-refractivity contribution < 1.29 is 13.5 Å². The minimum absolute atomic E-state index is 0.0725. The van der Waals surface area contributed by atoms with Gasteiger partial charge < -0.3 is 4.74 Å². The Balaban J connectivity index is 1.93. The zero-order valence-electron chi connectivity index (χ0n) is 11.9. The van der Waals surface area contributed by atoms with Crippen LogP contribution in [0.25, 0.3) is 22.0 Å². The molecule has 0 amide bonds. The van der Waals surface area contributed by atoms with Crippen LogP contribution in [0.2, 0.25) is 5.02 Å². The number of halogens is 3. The molecular weight excluding hydrogens is 324 g/mol. The molecule has 1 aliphatic carbocycles. The van der Waals surface area contributed by atoms with Gasteiger partial charge in [-0.3, -0.25) is 9.67 Å². The highest BCUT2D eigenvalue weighted by Gasteiger charge is 2.26. The van der Waals surface area contributed by atoms with Crippen LogP contribution in [0.1, 0.15) is 18.9 Å². The van der Waals surface area contributed by atoms with Gasteiger partial charge in [-0.1, -0.05) is 11.6 Å². The lowest BCUT2D eigenvalue weighted by molar-refractivity contribution is -0.0489. The van der Waals surface area contributed by atoms with E-state index in [4.69, 9.17) is 11.6 Å². The maximum atomic E-state index is 12.6. The molecule has 2 aromatic heterocycles. The highest BCUT2D eigenvalue weighted by Crippen LogP contribution is 2.40. The molecule has 4 nitrogen and oxygen atoms in total. The van der Waals surface area contributed by atoms with Gasteiger partial charge >= 0.3 is 6.61 Å². The SMILES string of the molecule is FC(F)Oc1ccc(-c2ccncc2Cl)c2cn(C3CC3)nc12. The molecule has 1 fully saturated rings. The van der Waals surface area contributed by atoms with Crippen LogP contribution in [0.3, 0.4) is 0 Å². The second-order valence-corrected chi connectivity index (χ2v) is 5.86. The molecular formula is C16H12ClF2N3O. The van der Waals surface area contributed by atoms with Crippen molar-refractivity contribution in [3.63, 3.8) is 0 Å². The molecule has 23 heavy (non-hydrogen) atoms. The van der Waals surface area contributed by atoms with Crippen LogP contribution < -0.4 is 4.74 Å². The Labute approximate surface area is 135 Å². The third kappa shape index (κ3) is 2.63. The van der Waals surface area contributed by atoms with Crippen molar-refractivity contribution in [3.8, 4) is 16.9 Å². The van der Waals surface area contributed by atoms with E-state index in [1.165, 1.54) is 6.07 Å². The van der Waals surface area contributed by atoms with E-state index in [2.05, 4.69) is 14.8 Å². The lowest BCUT2D eigenvalue weighted by atomic mass is 10.0. The number of fused-ring (bicyclic) bond motifs is 1. The van der Waals surface area contributed by atoms with Gasteiger partial charge in [-0.2, -0.15) is 13.9 Å². The highest BCUT2D eigenvalue weighted by atomic mass is 35.5. The molecule has 0 N–H and O–H groups in total. The largest absolute Gasteiger partial charge is 0.432 e. The Hall–Kier alpha value is -2.21. The third-order valence-corrected chi connectivity index (χ3v) is 4.16. The number of alkyl halides is 2. The molecule has 1 aromatic carbocycles. The molecule has 2 heterocycles. The molecule has 1 aliphatic rings. The summed E-state index contributed by atoms with van der Waals surface area (Å²) in [6, 6.07) is 5.35. The summed E-state index contributed by atoms with van der Waals surface area (Å²) >= 11 is 6.22. The van der Waals surface area contributed by atoms with Crippen LogP contribution in [0.15, 0.2) is 36.8 Å². The molecule has 0 unspecified atom stereocenters. The van der Waals surface area contributed by atoms with Gasteiger partial charge in [-0.05, 0) is 36.6 Å². The van der Waals surface area contributed by atoms with Crippen molar-refractivity contribution in [3.05, 3.63) is 41.8 Å². The smallest absolute Gasteiger partial charge is 0.387 e. The first-order valence-electron chi connectivity index (χ1n) is 7.20. The summed E-state index contributed by atoms with van der Waals surface area (Å²) in [5.74, 6) is 0.0725. The molecule has 4 rings (SSSR count). The van der Waals surface area contributed by atoms with Crippen molar-refractivity contribution in [2.75, 3.05) is 0 Å². The maximum absolute atomic E-state index is 12.6. The number of hydrogen-bond donors (Lipinski definition) is 0. The topological polar surface area (TPSA) is 39.9 Å². The number of nitrogens with zero attached hydrogens (tertiary/aromatic N) is 3. The Bertz CT molecular complexity index is 877. The van der Waals surface area contributed by atoms with E-state index in [-0.39, 0.29) is 5.75 Å². The van der Waals surface area contributed by atoms with E-state index in [1.54, 1.807) is 24.5 Å². The molecule has 0 radical (unpaired) electrons.